The number of aliphatic hydroxyl groups is 1. The van der Waals surface area contributed by atoms with Crippen molar-refractivity contribution in [3.63, 3.8) is 0 Å². The first kappa shape index (κ1) is 13.6. The van der Waals surface area contributed by atoms with Crippen LogP contribution in [0.2, 0.25) is 0 Å². The zero-order valence-electron chi connectivity index (χ0n) is 9.41. The highest BCUT2D eigenvalue weighted by molar-refractivity contribution is 9.10. The van der Waals surface area contributed by atoms with Gasteiger partial charge in [-0.05, 0) is 34.8 Å². The van der Waals surface area contributed by atoms with Gasteiger partial charge in [-0.25, -0.2) is 4.98 Å². The molecule has 1 saturated heterocycles. The number of nitrogens with zero attached hydrogens (tertiary/aromatic N) is 2. The minimum atomic E-state index is -4.45. The number of aliphatic hydroxyl groups excluding tert-OH is 1. The Labute approximate surface area is 111 Å². The standard InChI is InChI=1S/C11H12BrF3N2O/c12-7-4-9(11(13,14)15)10(16-5-7)17-3-1-2-8(17)6-18/h4-5,8,18H,1-3,6H2. The molecule has 0 bridgehead atoms. The summed E-state index contributed by atoms with van der Waals surface area (Å²) in [6.07, 6.45) is -1.65. The summed E-state index contributed by atoms with van der Waals surface area (Å²) in [5.74, 6) is -0.0951. The van der Waals surface area contributed by atoms with Crippen LogP contribution in [0.5, 0.6) is 0 Å². The Kier molecular flexibility index (Phi) is 3.82. The van der Waals surface area contributed by atoms with Gasteiger partial charge in [0, 0.05) is 17.2 Å². The van der Waals surface area contributed by atoms with Gasteiger partial charge < -0.3 is 10.0 Å². The second-order valence-corrected chi connectivity index (χ2v) is 5.11. The number of rotatable bonds is 2. The summed E-state index contributed by atoms with van der Waals surface area (Å²) in [6.45, 7) is 0.331. The van der Waals surface area contributed by atoms with Crippen LogP contribution >= 0.6 is 15.9 Å². The van der Waals surface area contributed by atoms with Crippen LogP contribution < -0.4 is 4.90 Å². The molecule has 0 aromatic carbocycles. The average Bonchev–Trinajstić information content (AvgIpc) is 2.75. The van der Waals surface area contributed by atoms with Gasteiger partial charge in [-0.3, -0.25) is 0 Å². The van der Waals surface area contributed by atoms with E-state index in [2.05, 4.69) is 20.9 Å². The monoisotopic (exact) mass is 324 g/mol. The third kappa shape index (κ3) is 2.61. The summed E-state index contributed by atoms with van der Waals surface area (Å²) in [5, 5.41) is 9.19. The van der Waals surface area contributed by atoms with Crippen LogP contribution in [0.3, 0.4) is 0 Å². The Morgan fingerprint density at radius 3 is 2.83 bits per heavy atom. The molecular weight excluding hydrogens is 313 g/mol. The summed E-state index contributed by atoms with van der Waals surface area (Å²) in [5.41, 5.74) is -0.766. The van der Waals surface area contributed by atoms with Crippen LogP contribution in [0.15, 0.2) is 16.7 Å². The molecule has 18 heavy (non-hydrogen) atoms. The zero-order valence-corrected chi connectivity index (χ0v) is 11.0. The van der Waals surface area contributed by atoms with E-state index < -0.39 is 11.7 Å². The Morgan fingerprint density at radius 1 is 1.50 bits per heavy atom. The second-order valence-electron chi connectivity index (χ2n) is 4.19. The quantitative estimate of drug-likeness (QED) is 0.908. The smallest absolute Gasteiger partial charge is 0.394 e. The fourth-order valence-corrected chi connectivity index (χ4v) is 2.51. The summed E-state index contributed by atoms with van der Waals surface area (Å²) in [7, 11) is 0. The van der Waals surface area contributed by atoms with E-state index in [1.165, 1.54) is 11.1 Å². The third-order valence-corrected chi connectivity index (χ3v) is 3.43. The lowest BCUT2D eigenvalue weighted by Gasteiger charge is -2.27. The van der Waals surface area contributed by atoms with Crippen LogP contribution in [0.1, 0.15) is 18.4 Å². The fourth-order valence-electron chi connectivity index (χ4n) is 2.17. The lowest BCUT2D eigenvalue weighted by Crippen LogP contribution is -2.34. The van der Waals surface area contributed by atoms with Crippen molar-refractivity contribution in [2.24, 2.45) is 0 Å². The fraction of sp³-hybridized carbons (Fsp3) is 0.545. The van der Waals surface area contributed by atoms with Crippen molar-refractivity contribution in [1.29, 1.82) is 0 Å². The number of halogens is 4. The lowest BCUT2D eigenvalue weighted by molar-refractivity contribution is -0.137. The van der Waals surface area contributed by atoms with Crippen molar-refractivity contribution < 1.29 is 18.3 Å². The topological polar surface area (TPSA) is 36.4 Å². The van der Waals surface area contributed by atoms with Gasteiger partial charge in [0.2, 0.25) is 0 Å². The third-order valence-electron chi connectivity index (χ3n) is 3.00. The molecule has 1 aromatic heterocycles. The number of hydrogen-bond donors (Lipinski definition) is 1. The van der Waals surface area contributed by atoms with Gasteiger partial charge in [-0.15, -0.1) is 0 Å². The van der Waals surface area contributed by atoms with Crippen molar-refractivity contribution in [1.82, 2.24) is 4.98 Å². The van der Waals surface area contributed by atoms with E-state index in [0.717, 1.165) is 12.5 Å². The van der Waals surface area contributed by atoms with Crippen LogP contribution in [0.25, 0.3) is 0 Å². The maximum Gasteiger partial charge on any atom is 0.419 e. The first-order valence-electron chi connectivity index (χ1n) is 5.53. The summed E-state index contributed by atoms with van der Waals surface area (Å²) < 4.78 is 39.2. The summed E-state index contributed by atoms with van der Waals surface area (Å²) in [4.78, 5) is 5.41. The van der Waals surface area contributed by atoms with Gasteiger partial charge in [-0.2, -0.15) is 13.2 Å². The molecule has 1 aromatic rings. The normalized spacial score (nSPS) is 20.5. The Hall–Kier alpha value is -0.820. The van der Waals surface area contributed by atoms with Crippen molar-refractivity contribution in [3.05, 3.63) is 22.3 Å². The molecule has 3 nitrogen and oxygen atoms in total. The van der Waals surface area contributed by atoms with Crippen LogP contribution in [-0.4, -0.2) is 29.3 Å². The molecule has 2 rings (SSSR count). The number of anilines is 1. The number of alkyl halides is 3. The molecule has 2 heterocycles. The van der Waals surface area contributed by atoms with Crippen molar-refractivity contribution in [3.8, 4) is 0 Å². The van der Waals surface area contributed by atoms with E-state index >= 15 is 0 Å². The highest BCUT2D eigenvalue weighted by Gasteiger charge is 2.38. The highest BCUT2D eigenvalue weighted by Crippen LogP contribution is 2.38. The molecule has 0 amide bonds. The van der Waals surface area contributed by atoms with E-state index in [9.17, 15) is 18.3 Å². The van der Waals surface area contributed by atoms with E-state index in [-0.39, 0.29) is 18.5 Å². The van der Waals surface area contributed by atoms with E-state index in [4.69, 9.17) is 0 Å². The minimum absolute atomic E-state index is 0.0951. The van der Waals surface area contributed by atoms with Crippen molar-refractivity contribution >= 4 is 21.7 Å². The molecule has 1 aliphatic heterocycles. The largest absolute Gasteiger partial charge is 0.419 e. The Morgan fingerprint density at radius 2 is 2.22 bits per heavy atom. The predicted molar refractivity (Wildman–Crippen MR) is 64.4 cm³/mol. The first-order valence-corrected chi connectivity index (χ1v) is 6.33. The van der Waals surface area contributed by atoms with Crippen molar-refractivity contribution in [2.45, 2.75) is 25.1 Å². The molecule has 0 aliphatic carbocycles. The summed E-state index contributed by atoms with van der Waals surface area (Å²) in [6, 6.07) is 0.745. The Bertz CT molecular complexity index is 439. The Balaban J connectivity index is 2.44. The highest BCUT2D eigenvalue weighted by atomic mass is 79.9. The first-order chi connectivity index (χ1) is 8.43. The second kappa shape index (κ2) is 5.05. The SMILES string of the molecule is OCC1CCCN1c1ncc(Br)cc1C(F)(F)F. The molecule has 1 atom stereocenters. The maximum absolute atomic E-state index is 13.0. The molecule has 1 aliphatic rings. The van der Waals surface area contributed by atoms with Crippen LogP contribution in [0.4, 0.5) is 19.0 Å². The molecule has 0 radical (unpaired) electrons. The van der Waals surface area contributed by atoms with Gasteiger partial charge in [0.1, 0.15) is 5.82 Å². The van der Waals surface area contributed by atoms with Gasteiger partial charge in [0.25, 0.3) is 0 Å². The van der Waals surface area contributed by atoms with Crippen LogP contribution in [-0.2, 0) is 6.18 Å². The average molecular weight is 325 g/mol. The summed E-state index contributed by atoms with van der Waals surface area (Å²) >= 11 is 3.00. The van der Waals surface area contributed by atoms with Gasteiger partial charge in [0.05, 0.1) is 18.2 Å². The molecule has 1 unspecified atom stereocenters. The minimum Gasteiger partial charge on any atom is -0.394 e. The lowest BCUT2D eigenvalue weighted by atomic mass is 10.2. The van der Waals surface area contributed by atoms with E-state index in [0.29, 0.717) is 17.4 Å². The van der Waals surface area contributed by atoms with Gasteiger partial charge in [-0.1, -0.05) is 0 Å². The molecular formula is C11H12BrF3N2O. The molecule has 100 valence electrons. The van der Waals surface area contributed by atoms with Gasteiger partial charge >= 0.3 is 6.18 Å². The molecule has 0 spiro atoms. The molecule has 7 heteroatoms. The number of aromatic nitrogens is 1. The van der Waals surface area contributed by atoms with E-state index in [1.54, 1.807) is 0 Å². The van der Waals surface area contributed by atoms with Gasteiger partial charge in [0.15, 0.2) is 0 Å². The van der Waals surface area contributed by atoms with Crippen molar-refractivity contribution in [2.75, 3.05) is 18.1 Å². The molecule has 0 saturated carbocycles. The maximum atomic E-state index is 13.0. The number of pyridine rings is 1. The zero-order chi connectivity index (χ0) is 13.3. The molecule has 1 fully saturated rings. The van der Waals surface area contributed by atoms with Crippen LogP contribution in [0, 0.1) is 0 Å². The van der Waals surface area contributed by atoms with E-state index in [1.807, 2.05) is 0 Å². The molecule has 1 N–H and O–H groups in total. The predicted octanol–water partition coefficient (Wildman–Crippen LogP) is 2.82. The number of hydrogen-bond acceptors (Lipinski definition) is 3.